The number of para-hydroxylation sites is 2. The number of rotatable bonds is 7. The molecule has 1 aromatic heterocycles. The maximum absolute atomic E-state index is 6.55. The molecule has 9 aromatic rings. The van der Waals surface area contributed by atoms with E-state index in [9.17, 15) is 0 Å². The molecule has 0 amide bonds. The number of hydrogen-bond donors (Lipinski definition) is 0. The van der Waals surface area contributed by atoms with E-state index in [4.69, 9.17) is 9.73 Å². The van der Waals surface area contributed by atoms with Crippen molar-refractivity contribution < 1.29 is 4.74 Å². The van der Waals surface area contributed by atoms with Crippen molar-refractivity contribution in [1.29, 1.82) is 0 Å². The minimum Gasteiger partial charge on any atom is -0.467 e. The van der Waals surface area contributed by atoms with Gasteiger partial charge in [-0.05, 0) is 100 Å². The molecule has 0 saturated heterocycles. The summed E-state index contributed by atoms with van der Waals surface area (Å²) in [5, 5.41) is 4.87. The van der Waals surface area contributed by atoms with Gasteiger partial charge in [0, 0.05) is 50.7 Å². The summed E-state index contributed by atoms with van der Waals surface area (Å²) in [6.07, 6.45) is 0.619. The molecule has 4 heteroatoms. The Morgan fingerprint density at radius 3 is 1.70 bits per heavy atom. The van der Waals surface area contributed by atoms with E-state index in [1.165, 1.54) is 49.3 Å². The fourth-order valence-corrected chi connectivity index (χ4v) is 8.69. The van der Waals surface area contributed by atoms with Gasteiger partial charge in [0.1, 0.15) is 6.10 Å². The lowest BCUT2D eigenvalue weighted by Gasteiger charge is -2.27. The minimum atomic E-state index is -0.130. The molecule has 0 radical (unpaired) electrons. The van der Waals surface area contributed by atoms with Gasteiger partial charge < -0.3 is 14.2 Å². The van der Waals surface area contributed by atoms with Crippen LogP contribution in [0.2, 0.25) is 0 Å². The number of hydrogen-bond acceptors (Lipinski definition) is 3. The number of aliphatic imine (C=N–C) groups is 1. The minimum absolute atomic E-state index is 0.130. The average Bonchev–Trinajstić information content (AvgIpc) is 3.88. The van der Waals surface area contributed by atoms with Crippen LogP contribution < -0.4 is 15.3 Å². The highest BCUT2D eigenvalue weighted by molar-refractivity contribution is 6.09. The van der Waals surface area contributed by atoms with Crippen LogP contribution >= 0.6 is 0 Å². The number of fused-ring (bicyclic) bond motifs is 5. The first-order valence-corrected chi connectivity index (χ1v) is 19.5. The highest BCUT2D eigenvalue weighted by Crippen LogP contribution is 2.39. The van der Waals surface area contributed by atoms with E-state index in [1.807, 2.05) is 18.2 Å². The molecule has 2 heterocycles. The molecule has 0 saturated carbocycles. The lowest BCUT2D eigenvalue weighted by molar-refractivity contribution is 0.265. The highest BCUT2D eigenvalue weighted by Gasteiger charge is 2.31. The van der Waals surface area contributed by atoms with Crippen LogP contribution in [-0.2, 0) is 4.74 Å². The van der Waals surface area contributed by atoms with Gasteiger partial charge in [-0.2, -0.15) is 0 Å². The highest BCUT2D eigenvalue weighted by atomic mass is 16.5. The van der Waals surface area contributed by atoms with E-state index in [0.717, 1.165) is 45.6 Å². The first-order chi connectivity index (χ1) is 28.3. The average molecular weight is 732 g/mol. The van der Waals surface area contributed by atoms with Gasteiger partial charge in [-0.15, -0.1) is 0 Å². The summed E-state index contributed by atoms with van der Waals surface area (Å²) in [5.41, 5.74) is 13.6. The van der Waals surface area contributed by atoms with Crippen LogP contribution in [0.4, 0.5) is 17.1 Å². The quantitative estimate of drug-likeness (QED) is 0.163. The number of ether oxygens (including phenoxy) is 1. The largest absolute Gasteiger partial charge is 0.467 e. The Labute approximate surface area is 331 Å². The Morgan fingerprint density at radius 1 is 0.456 bits per heavy atom. The van der Waals surface area contributed by atoms with Crippen LogP contribution in [0.15, 0.2) is 211 Å². The predicted octanol–water partition coefficient (Wildman–Crippen LogP) is 11.5. The Morgan fingerprint density at radius 2 is 1.02 bits per heavy atom. The molecule has 1 atom stereocenters. The molecule has 1 aliphatic heterocycles. The van der Waals surface area contributed by atoms with Crippen molar-refractivity contribution in [3.8, 4) is 16.8 Å². The molecule has 0 bridgehead atoms. The van der Waals surface area contributed by atoms with Gasteiger partial charge in [-0.1, -0.05) is 133 Å². The third-order valence-electron chi connectivity index (χ3n) is 11.4. The maximum Gasteiger partial charge on any atom is 0.221 e. The van der Waals surface area contributed by atoms with Crippen molar-refractivity contribution in [3.63, 3.8) is 0 Å². The predicted molar refractivity (Wildman–Crippen MR) is 235 cm³/mol. The second-order valence-electron chi connectivity index (χ2n) is 14.7. The van der Waals surface area contributed by atoms with E-state index < -0.39 is 0 Å². The lowest BCUT2D eigenvalue weighted by Crippen LogP contribution is -2.36. The van der Waals surface area contributed by atoms with Crippen LogP contribution in [0.3, 0.4) is 0 Å². The molecule has 0 fully saturated rings. The Hall–Kier alpha value is -7.43. The third kappa shape index (κ3) is 5.73. The van der Waals surface area contributed by atoms with Gasteiger partial charge in [0.2, 0.25) is 5.90 Å². The standard InChI is InChI=1S/C53H37N3O/c1-3-14-36(15-4-1)39-18-13-19-43(34-39)55(41-30-32-42(33-31-41)56-49-24-11-9-21-45(49)46-22-10-12-25-50(46)56)40-28-26-37(27-29-40)48-35-51-52(47-23-8-7-20-44(47)48)54-53(57-51)38-16-5-2-6-17-38/h1-34,51H,35H2. The number of nitrogens with zero attached hydrogens (tertiary/aromatic N) is 3. The van der Waals surface area contributed by atoms with E-state index >= 15 is 0 Å². The van der Waals surface area contributed by atoms with Gasteiger partial charge >= 0.3 is 0 Å². The monoisotopic (exact) mass is 731 g/mol. The molecule has 1 unspecified atom stereocenters. The fourth-order valence-electron chi connectivity index (χ4n) is 8.69. The normalized spacial score (nSPS) is 14.6. The molecule has 270 valence electrons. The van der Waals surface area contributed by atoms with E-state index in [2.05, 4.69) is 198 Å². The van der Waals surface area contributed by atoms with Gasteiger partial charge in [0.15, 0.2) is 0 Å². The van der Waals surface area contributed by atoms with Crippen molar-refractivity contribution >= 4 is 56.0 Å². The van der Waals surface area contributed by atoms with Crippen LogP contribution in [0.25, 0.3) is 49.9 Å². The first-order valence-electron chi connectivity index (χ1n) is 19.5. The summed E-state index contributed by atoms with van der Waals surface area (Å²) >= 11 is 0. The molecule has 11 rings (SSSR count). The molecule has 0 N–H and O–H groups in total. The maximum atomic E-state index is 6.55. The Bertz CT molecular complexity index is 3060. The smallest absolute Gasteiger partial charge is 0.221 e. The Balaban J connectivity index is 1.01. The number of aromatic nitrogens is 1. The van der Waals surface area contributed by atoms with Crippen molar-refractivity contribution in [2.45, 2.75) is 12.5 Å². The zero-order valence-electron chi connectivity index (χ0n) is 31.2. The second kappa shape index (κ2) is 13.7. The zero-order valence-corrected chi connectivity index (χ0v) is 31.2. The van der Waals surface area contributed by atoms with Crippen LogP contribution in [0.5, 0.6) is 0 Å². The molecule has 1 aliphatic carbocycles. The summed E-state index contributed by atoms with van der Waals surface area (Å²) in [7, 11) is 0. The van der Waals surface area contributed by atoms with Gasteiger partial charge in [0.05, 0.1) is 16.7 Å². The number of benzene rings is 8. The summed E-state index contributed by atoms with van der Waals surface area (Å²) in [4.78, 5) is 7.38. The van der Waals surface area contributed by atoms with Gasteiger partial charge in [-0.25, -0.2) is 4.99 Å². The summed E-state index contributed by atoms with van der Waals surface area (Å²) in [5.74, 6) is 0.694. The first kappa shape index (κ1) is 33.0. The molecule has 4 nitrogen and oxygen atoms in total. The third-order valence-corrected chi connectivity index (χ3v) is 11.4. The molecule has 0 spiro atoms. The zero-order chi connectivity index (χ0) is 37.7. The molecular formula is C53H37N3O. The van der Waals surface area contributed by atoms with Gasteiger partial charge in [-0.3, -0.25) is 0 Å². The topological polar surface area (TPSA) is 29.8 Å². The van der Waals surface area contributed by atoms with E-state index in [-0.39, 0.29) is 6.10 Å². The number of anilines is 3. The summed E-state index contributed by atoms with van der Waals surface area (Å²) in [6, 6.07) is 73.6. The summed E-state index contributed by atoms with van der Waals surface area (Å²) in [6.45, 7) is 0. The van der Waals surface area contributed by atoms with Crippen molar-refractivity contribution in [1.82, 2.24) is 4.57 Å². The Kier molecular flexibility index (Phi) is 7.92. The van der Waals surface area contributed by atoms with E-state index in [1.54, 1.807) is 0 Å². The molecule has 8 aromatic carbocycles. The second-order valence-corrected chi connectivity index (χ2v) is 14.7. The van der Waals surface area contributed by atoms with Crippen molar-refractivity contribution in [3.05, 3.63) is 228 Å². The van der Waals surface area contributed by atoms with Crippen LogP contribution in [0.1, 0.15) is 17.5 Å². The molecule has 2 aliphatic rings. The summed E-state index contributed by atoms with van der Waals surface area (Å²) < 4.78 is 8.92. The van der Waals surface area contributed by atoms with Crippen LogP contribution in [-0.4, -0.2) is 16.6 Å². The molecular weight excluding hydrogens is 695 g/mol. The lowest BCUT2D eigenvalue weighted by atomic mass is 9.90. The van der Waals surface area contributed by atoms with E-state index in [0.29, 0.717) is 5.90 Å². The fraction of sp³-hybridized carbons (Fsp3) is 0.0377. The van der Waals surface area contributed by atoms with Crippen molar-refractivity contribution in [2.75, 3.05) is 4.90 Å². The van der Waals surface area contributed by atoms with Crippen LogP contribution in [0, 0.1) is 0 Å². The molecule has 57 heavy (non-hydrogen) atoms. The SMILES string of the molecule is c1ccc(C2=NC3=c4ccccc4=C(c4ccc(N(c5ccc(-n6c7ccccc7c7ccccc76)cc5)c5cccc(-c6ccccc6)c5)cc4)CC3O2)cc1. The van der Waals surface area contributed by atoms with Gasteiger partial charge in [0.25, 0.3) is 0 Å². The van der Waals surface area contributed by atoms with Crippen molar-refractivity contribution in [2.24, 2.45) is 4.99 Å².